The number of methoxy groups -OCH3 is 1. The average Bonchev–Trinajstić information content (AvgIpc) is 2.91. The number of carboxylic acids is 1. The van der Waals surface area contributed by atoms with Gasteiger partial charge < -0.3 is 19.9 Å². The average molecular weight is 392 g/mol. The molecule has 0 fully saturated rings. The monoisotopic (exact) mass is 392 g/mol. The van der Waals surface area contributed by atoms with E-state index in [1.807, 2.05) is 0 Å². The number of aromatic nitrogens is 1. The molecule has 2 aromatic rings. The molecule has 0 saturated heterocycles. The number of aliphatic carboxylic acids is 1. The van der Waals surface area contributed by atoms with Gasteiger partial charge in [-0.1, -0.05) is 0 Å². The van der Waals surface area contributed by atoms with Gasteiger partial charge in [0.2, 0.25) is 6.41 Å². The normalized spacial score (nSPS) is 12.0. The lowest BCUT2D eigenvalue weighted by atomic mass is 10.1. The molecule has 2 rings (SSSR count). The molecule has 28 heavy (non-hydrogen) atoms. The van der Waals surface area contributed by atoms with Crippen LogP contribution in [0.3, 0.4) is 0 Å². The zero-order chi connectivity index (χ0) is 21.1. The van der Waals surface area contributed by atoms with Crippen molar-refractivity contribution in [2.24, 2.45) is 0 Å². The number of nitrogens with zero attached hydrogens (tertiary/aromatic N) is 1. The van der Waals surface area contributed by atoms with Crippen molar-refractivity contribution in [1.82, 2.24) is 4.57 Å². The Morgan fingerprint density at radius 1 is 1.32 bits per heavy atom. The Morgan fingerprint density at radius 3 is 2.54 bits per heavy atom. The lowest BCUT2D eigenvalue weighted by molar-refractivity contribution is -0.136. The maximum absolute atomic E-state index is 14.9. The second-order valence-electron chi connectivity index (χ2n) is 6.83. The Hall–Kier alpha value is -3.36. The number of carbonyl (C=O) groups is 3. The van der Waals surface area contributed by atoms with Crippen molar-refractivity contribution in [3.05, 3.63) is 29.8 Å². The molecule has 9 heteroatoms. The maximum Gasteiger partial charge on any atom is 0.420 e. The minimum Gasteiger partial charge on any atom is -0.497 e. The summed E-state index contributed by atoms with van der Waals surface area (Å²) >= 11 is 0. The van der Waals surface area contributed by atoms with E-state index in [-0.39, 0.29) is 22.3 Å². The number of benzene rings is 1. The molecule has 0 aliphatic heterocycles. The van der Waals surface area contributed by atoms with Crippen LogP contribution in [0.1, 0.15) is 32.8 Å². The molecule has 1 aromatic carbocycles. The largest absolute Gasteiger partial charge is 0.497 e. The Morgan fingerprint density at radius 2 is 2.00 bits per heavy atom. The van der Waals surface area contributed by atoms with Crippen molar-refractivity contribution >= 4 is 41.0 Å². The van der Waals surface area contributed by atoms with Crippen molar-refractivity contribution in [3.63, 3.8) is 0 Å². The predicted molar refractivity (Wildman–Crippen MR) is 101 cm³/mol. The van der Waals surface area contributed by atoms with Crippen LogP contribution >= 0.6 is 0 Å². The molecule has 0 radical (unpaired) electrons. The van der Waals surface area contributed by atoms with E-state index in [9.17, 15) is 18.8 Å². The summed E-state index contributed by atoms with van der Waals surface area (Å²) in [6.07, 6.45) is -0.258. The topological polar surface area (TPSA) is 107 Å². The van der Waals surface area contributed by atoms with Gasteiger partial charge in [0, 0.05) is 5.39 Å². The van der Waals surface area contributed by atoms with Gasteiger partial charge in [0.25, 0.3) is 0 Å². The zero-order valence-corrected chi connectivity index (χ0v) is 15.9. The Kier molecular flexibility index (Phi) is 6.07. The van der Waals surface area contributed by atoms with Crippen LogP contribution in [0.5, 0.6) is 5.75 Å². The number of fused-ring (bicyclic) bond motifs is 1. The lowest BCUT2D eigenvalue weighted by Crippen LogP contribution is -2.27. The quantitative estimate of drug-likeness (QED) is 0.725. The first-order valence-electron chi connectivity index (χ1n) is 8.33. The molecule has 0 spiro atoms. The third-order valence-electron chi connectivity index (χ3n) is 3.64. The third-order valence-corrected chi connectivity index (χ3v) is 3.64. The van der Waals surface area contributed by atoms with E-state index in [1.54, 1.807) is 26.8 Å². The van der Waals surface area contributed by atoms with Gasteiger partial charge in [-0.2, -0.15) is 0 Å². The molecule has 1 heterocycles. The summed E-state index contributed by atoms with van der Waals surface area (Å²) in [5.41, 5.74) is -0.724. The van der Waals surface area contributed by atoms with Crippen molar-refractivity contribution in [2.45, 2.75) is 32.8 Å². The number of anilines is 1. The summed E-state index contributed by atoms with van der Waals surface area (Å²) in [7, 11) is 1.42. The van der Waals surface area contributed by atoms with Gasteiger partial charge in [0.15, 0.2) is 0 Å². The molecule has 0 aliphatic carbocycles. The molecule has 8 nitrogen and oxygen atoms in total. The summed E-state index contributed by atoms with van der Waals surface area (Å²) in [6.45, 7) is 5.00. The number of amides is 1. The van der Waals surface area contributed by atoms with E-state index in [0.717, 1.165) is 10.6 Å². The van der Waals surface area contributed by atoms with E-state index in [0.29, 0.717) is 12.2 Å². The fourth-order valence-corrected chi connectivity index (χ4v) is 2.61. The minimum absolute atomic E-state index is 0.145. The number of halogens is 1. The smallest absolute Gasteiger partial charge is 0.420 e. The van der Waals surface area contributed by atoms with E-state index in [4.69, 9.17) is 14.6 Å². The van der Waals surface area contributed by atoms with Crippen LogP contribution in [-0.2, 0) is 14.3 Å². The maximum atomic E-state index is 14.9. The number of carboxylic acid groups (broad SMARTS) is 1. The highest BCUT2D eigenvalue weighted by atomic mass is 19.1. The first-order chi connectivity index (χ1) is 13.1. The molecular formula is C19H21FN2O6. The van der Waals surface area contributed by atoms with Crippen LogP contribution < -0.4 is 10.1 Å². The van der Waals surface area contributed by atoms with Gasteiger partial charge in [-0.05, 0) is 45.0 Å². The SMILES string of the molecule is COc1ccc2c(c1)c(C(F)=CCC(=O)O)c(NC=O)n2C(=O)OC(C)(C)C. The van der Waals surface area contributed by atoms with E-state index in [2.05, 4.69) is 5.32 Å². The van der Waals surface area contributed by atoms with Gasteiger partial charge >= 0.3 is 12.1 Å². The second-order valence-corrected chi connectivity index (χ2v) is 6.83. The number of hydrogen-bond donors (Lipinski definition) is 2. The first kappa shape index (κ1) is 20.9. The Labute approximate surface area is 160 Å². The predicted octanol–water partition coefficient (Wildman–Crippen LogP) is 3.79. The highest BCUT2D eigenvalue weighted by Crippen LogP contribution is 2.38. The molecule has 1 amide bonds. The summed E-state index contributed by atoms with van der Waals surface area (Å²) < 4.78 is 26.4. The van der Waals surface area contributed by atoms with Crippen molar-refractivity contribution < 1.29 is 33.4 Å². The van der Waals surface area contributed by atoms with Crippen molar-refractivity contribution in [2.75, 3.05) is 12.4 Å². The molecule has 0 bridgehead atoms. The summed E-state index contributed by atoms with van der Waals surface area (Å²) in [5.74, 6) is -1.92. The molecule has 150 valence electrons. The fourth-order valence-electron chi connectivity index (χ4n) is 2.61. The molecule has 0 atom stereocenters. The van der Waals surface area contributed by atoms with E-state index >= 15 is 0 Å². The standard InChI is InChI=1S/C19H21FN2O6/c1-19(2,3)28-18(26)22-14-7-5-11(27-4)9-12(14)16(17(22)21-10-23)13(20)6-8-15(24)25/h5-7,9-10H,8H2,1-4H3,(H,21,23)(H,24,25). The highest BCUT2D eigenvalue weighted by molar-refractivity contribution is 6.05. The van der Waals surface area contributed by atoms with Gasteiger partial charge in [-0.25, -0.2) is 13.8 Å². The van der Waals surface area contributed by atoms with Crippen LogP contribution in [0, 0.1) is 0 Å². The van der Waals surface area contributed by atoms with E-state index < -0.39 is 29.9 Å². The molecule has 0 saturated carbocycles. The molecule has 0 aliphatic rings. The molecule has 2 N–H and O–H groups in total. The Balaban J connectivity index is 2.82. The van der Waals surface area contributed by atoms with Crippen LogP contribution in [0.15, 0.2) is 24.3 Å². The van der Waals surface area contributed by atoms with Gasteiger partial charge in [0.05, 0.1) is 24.6 Å². The Bertz CT molecular complexity index is 955. The number of nitrogens with one attached hydrogen (secondary N) is 1. The van der Waals surface area contributed by atoms with E-state index in [1.165, 1.54) is 19.2 Å². The zero-order valence-electron chi connectivity index (χ0n) is 15.9. The summed E-state index contributed by atoms with van der Waals surface area (Å²) in [5, 5.41) is 11.4. The van der Waals surface area contributed by atoms with Crippen molar-refractivity contribution in [1.29, 1.82) is 0 Å². The number of hydrogen-bond acceptors (Lipinski definition) is 5. The summed E-state index contributed by atoms with van der Waals surface area (Å²) in [4.78, 5) is 34.7. The fraction of sp³-hybridized carbons (Fsp3) is 0.316. The molecule has 1 aromatic heterocycles. The van der Waals surface area contributed by atoms with Crippen LogP contribution in [0.2, 0.25) is 0 Å². The minimum atomic E-state index is -1.23. The lowest BCUT2D eigenvalue weighted by Gasteiger charge is -2.20. The van der Waals surface area contributed by atoms with Crippen LogP contribution in [-0.4, -0.2) is 40.9 Å². The van der Waals surface area contributed by atoms with Crippen molar-refractivity contribution in [3.8, 4) is 5.75 Å². The molecular weight excluding hydrogens is 371 g/mol. The second kappa shape index (κ2) is 8.12. The van der Waals surface area contributed by atoms with Gasteiger partial charge in [-0.15, -0.1) is 0 Å². The molecule has 0 unspecified atom stereocenters. The number of ether oxygens (including phenoxy) is 2. The number of rotatable bonds is 6. The highest BCUT2D eigenvalue weighted by Gasteiger charge is 2.27. The van der Waals surface area contributed by atoms with Crippen LogP contribution in [0.4, 0.5) is 15.0 Å². The van der Waals surface area contributed by atoms with Gasteiger partial charge in [-0.3, -0.25) is 9.59 Å². The van der Waals surface area contributed by atoms with Gasteiger partial charge in [0.1, 0.15) is 23.0 Å². The third kappa shape index (κ3) is 4.48. The van der Waals surface area contributed by atoms with Crippen LogP contribution in [0.25, 0.3) is 16.7 Å². The summed E-state index contributed by atoms with van der Waals surface area (Å²) in [6, 6.07) is 4.56. The first-order valence-corrected chi connectivity index (χ1v) is 8.33. The number of carbonyl (C=O) groups excluding carboxylic acids is 2.